The molecule has 2 N–H and O–H groups in total. The number of carboxylic acids is 1. The molecule has 0 spiro atoms. The Labute approximate surface area is 171 Å². The van der Waals surface area contributed by atoms with Gasteiger partial charge in [-0.3, -0.25) is 9.59 Å². The molecule has 0 radical (unpaired) electrons. The van der Waals surface area contributed by atoms with Crippen molar-refractivity contribution < 1.29 is 28.9 Å². The second kappa shape index (κ2) is 9.98. The molecule has 0 aliphatic heterocycles. The van der Waals surface area contributed by atoms with Crippen LogP contribution in [0.15, 0.2) is 40.9 Å². The van der Waals surface area contributed by atoms with E-state index in [0.717, 1.165) is 0 Å². The second-order valence-corrected chi connectivity index (χ2v) is 6.67. The molecule has 0 aliphatic rings. The normalized spacial score (nSPS) is 11.4. The van der Waals surface area contributed by atoms with E-state index in [1.54, 1.807) is 36.4 Å². The van der Waals surface area contributed by atoms with E-state index in [1.807, 2.05) is 6.92 Å². The van der Waals surface area contributed by atoms with Crippen LogP contribution in [-0.4, -0.2) is 37.8 Å². The Kier molecular flexibility index (Phi) is 7.69. The topological polar surface area (TPSA) is 94.1 Å². The van der Waals surface area contributed by atoms with Gasteiger partial charge in [-0.1, -0.05) is 6.07 Å². The highest BCUT2D eigenvalue weighted by Gasteiger charge is 2.21. The smallest absolute Gasteiger partial charge is 0.305 e. The number of carboxylic acid groups (broad SMARTS) is 1. The first-order valence-corrected chi connectivity index (χ1v) is 9.35. The molecule has 150 valence electrons. The van der Waals surface area contributed by atoms with Crippen LogP contribution in [-0.2, 0) is 4.79 Å². The summed E-state index contributed by atoms with van der Waals surface area (Å²) in [6, 6.07) is 9.22. The number of aliphatic carboxylic acids is 1. The van der Waals surface area contributed by atoms with Crippen LogP contribution in [0.3, 0.4) is 0 Å². The van der Waals surface area contributed by atoms with E-state index >= 15 is 0 Å². The zero-order valence-corrected chi connectivity index (χ0v) is 17.4. The maximum atomic E-state index is 12.7. The van der Waals surface area contributed by atoms with Crippen molar-refractivity contribution in [1.29, 1.82) is 0 Å². The van der Waals surface area contributed by atoms with Crippen LogP contribution >= 0.6 is 15.9 Å². The first-order chi connectivity index (χ1) is 13.4. The van der Waals surface area contributed by atoms with Crippen molar-refractivity contribution in [2.24, 2.45) is 0 Å². The van der Waals surface area contributed by atoms with Gasteiger partial charge in [-0.2, -0.15) is 0 Å². The van der Waals surface area contributed by atoms with Crippen LogP contribution in [0.25, 0.3) is 0 Å². The quantitative estimate of drug-likeness (QED) is 0.601. The highest BCUT2D eigenvalue weighted by molar-refractivity contribution is 9.10. The molecule has 0 unspecified atom stereocenters. The zero-order valence-electron chi connectivity index (χ0n) is 15.8. The maximum Gasteiger partial charge on any atom is 0.305 e. The number of hydrogen-bond acceptors (Lipinski definition) is 5. The van der Waals surface area contributed by atoms with E-state index in [1.165, 1.54) is 14.2 Å². The van der Waals surface area contributed by atoms with Gasteiger partial charge in [0.25, 0.3) is 5.91 Å². The van der Waals surface area contributed by atoms with Crippen LogP contribution in [0.5, 0.6) is 17.2 Å². The summed E-state index contributed by atoms with van der Waals surface area (Å²) in [7, 11) is 3.03. The van der Waals surface area contributed by atoms with E-state index in [4.69, 9.17) is 14.2 Å². The summed E-state index contributed by atoms with van der Waals surface area (Å²) >= 11 is 3.34. The van der Waals surface area contributed by atoms with E-state index < -0.39 is 17.9 Å². The monoisotopic (exact) mass is 451 g/mol. The minimum absolute atomic E-state index is 0.278. The lowest BCUT2D eigenvalue weighted by Crippen LogP contribution is -2.30. The number of amides is 1. The average Bonchev–Trinajstić information content (AvgIpc) is 2.67. The fourth-order valence-corrected chi connectivity index (χ4v) is 3.19. The first kappa shape index (κ1) is 21.6. The van der Waals surface area contributed by atoms with Crippen molar-refractivity contribution in [3.8, 4) is 17.2 Å². The number of ether oxygens (including phenoxy) is 3. The highest BCUT2D eigenvalue weighted by Crippen LogP contribution is 2.32. The van der Waals surface area contributed by atoms with Crippen molar-refractivity contribution in [3.05, 3.63) is 52.0 Å². The molecule has 1 atom stereocenters. The average molecular weight is 452 g/mol. The summed E-state index contributed by atoms with van der Waals surface area (Å²) < 4.78 is 16.6. The van der Waals surface area contributed by atoms with Gasteiger partial charge in [-0.05, 0) is 58.7 Å². The fourth-order valence-electron chi connectivity index (χ4n) is 2.65. The molecule has 0 heterocycles. The van der Waals surface area contributed by atoms with Crippen LogP contribution in [0.4, 0.5) is 0 Å². The number of benzene rings is 2. The van der Waals surface area contributed by atoms with Gasteiger partial charge in [0.05, 0.1) is 37.8 Å². The Morgan fingerprint density at radius 3 is 2.32 bits per heavy atom. The van der Waals surface area contributed by atoms with Gasteiger partial charge in [0.15, 0.2) is 11.5 Å². The van der Waals surface area contributed by atoms with E-state index in [0.29, 0.717) is 39.5 Å². The first-order valence-electron chi connectivity index (χ1n) is 8.56. The van der Waals surface area contributed by atoms with Crippen molar-refractivity contribution >= 4 is 27.8 Å². The molecule has 2 rings (SSSR count). The molecule has 0 aromatic heterocycles. The van der Waals surface area contributed by atoms with Crippen molar-refractivity contribution in [3.63, 3.8) is 0 Å². The van der Waals surface area contributed by atoms with Crippen LogP contribution in [0.1, 0.15) is 35.3 Å². The molecule has 0 fully saturated rings. The Hall–Kier alpha value is -2.74. The molecule has 28 heavy (non-hydrogen) atoms. The van der Waals surface area contributed by atoms with E-state index in [9.17, 15) is 14.7 Å². The third kappa shape index (κ3) is 5.39. The Morgan fingerprint density at radius 1 is 1.07 bits per heavy atom. The van der Waals surface area contributed by atoms with Gasteiger partial charge < -0.3 is 24.6 Å². The summed E-state index contributed by atoms with van der Waals surface area (Å²) in [5.41, 5.74) is 0.976. The number of rotatable bonds is 9. The lowest BCUT2D eigenvalue weighted by Gasteiger charge is -2.19. The summed E-state index contributed by atoms with van der Waals surface area (Å²) in [6.07, 6.45) is -0.278. The lowest BCUT2D eigenvalue weighted by molar-refractivity contribution is -0.137. The Balaban J connectivity index is 2.30. The van der Waals surface area contributed by atoms with Crippen molar-refractivity contribution in [2.75, 3.05) is 20.8 Å². The number of carbonyl (C=O) groups excluding carboxylic acids is 1. The summed E-state index contributed by atoms with van der Waals surface area (Å²) in [6.45, 7) is 2.32. The predicted octanol–water partition coefficient (Wildman–Crippen LogP) is 3.81. The van der Waals surface area contributed by atoms with Crippen molar-refractivity contribution in [1.82, 2.24) is 5.32 Å². The summed E-state index contributed by atoms with van der Waals surface area (Å²) in [5.74, 6) is 0.177. The summed E-state index contributed by atoms with van der Waals surface area (Å²) in [5, 5.41) is 12.0. The Bertz CT molecular complexity index is 855. The lowest BCUT2D eigenvalue weighted by atomic mass is 10.0. The van der Waals surface area contributed by atoms with Crippen molar-refractivity contribution in [2.45, 2.75) is 19.4 Å². The number of carbonyl (C=O) groups is 2. The molecule has 0 saturated heterocycles. The van der Waals surface area contributed by atoms with Crippen LogP contribution in [0.2, 0.25) is 0 Å². The third-order valence-corrected chi connectivity index (χ3v) is 4.61. The molecule has 2 aromatic rings. The van der Waals surface area contributed by atoms with Gasteiger partial charge in [0.2, 0.25) is 0 Å². The van der Waals surface area contributed by atoms with Crippen LogP contribution in [0, 0.1) is 0 Å². The highest BCUT2D eigenvalue weighted by atomic mass is 79.9. The largest absolute Gasteiger partial charge is 0.496 e. The van der Waals surface area contributed by atoms with Gasteiger partial charge >= 0.3 is 5.97 Å². The SMILES string of the molecule is CCOc1ccc([C@@H](CC(=O)O)NC(=O)c2ccc(OC)c(Br)c2)cc1OC. The molecule has 0 saturated carbocycles. The van der Waals surface area contributed by atoms with E-state index in [2.05, 4.69) is 21.2 Å². The van der Waals surface area contributed by atoms with E-state index in [-0.39, 0.29) is 6.42 Å². The minimum atomic E-state index is -1.03. The molecule has 0 aliphatic carbocycles. The number of hydrogen-bond donors (Lipinski definition) is 2. The summed E-state index contributed by atoms with van der Waals surface area (Å²) in [4.78, 5) is 24.0. The fraction of sp³-hybridized carbons (Fsp3) is 0.300. The van der Waals surface area contributed by atoms with Gasteiger partial charge in [0.1, 0.15) is 5.75 Å². The molecule has 0 bridgehead atoms. The predicted molar refractivity (Wildman–Crippen MR) is 107 cm³/mol. The Morgan fingerprint density at radius 2 is 1.75 bits per heavy atom. The third-order valence-electron chi connectivity index (χ3n) is 3.99. The van der Waals surface area contributed by atoms with Gasteiger partial charge in [-0.15, -0.1) is 0 Å². The number of methoxy groups -OCH3 is 2. The van der Waals surface area contributed by atoms with Gasteiger partial charge in [0, 0.05) is 5.56 Å². The molecule has 2 aromatic carbocycles. The zero-order chi connectivity index (χ0) is 20.7. The molecule has 7 nitrogen and oxygen atoms in total. The minimum Gasteiger partial charge on any atom is -0.496 e. The molecular weight excluding hydrogens is 430 g/mol. The molecule has 1 amide bonds. The number of nitrogens with one attached hydrogen (secondary N) is 1. The standard InChI is InChI=1S/C20H22BrNO6/c1-4-28-17-8-5-12(10-18(17)27-3)15(11-19(23)24)22-20(25)13-6-7-16(26-2)14(21)9-13/h5-10,15H,4,11H2,1-3H3,(H,22,25)(H,23,24)/t15-/m1/s1. The number of halogens is 1. The molecule has 8 heteroatoms. The second-order valence-electron chi connectivity index (χ2n) is 5.82. The van der Waals surface area contributed by atoms with Gasteiger partial charge in [-0.25, -0.2) is 0 Å². The maximum absolute atomic E-state index is 12.7. The van der Waals surface area contributed by atoms with Crippen LogP contribution < -0.4 is 19.5 Å². The molecular formula is C20H22BrNO6.